The van der Waals surface area contributed by atoms with E-state index in [1.54, 1.807) is 21.3 Å². The molecule has 0 spiro atoms. The van der Waals surface area contributed by atoms with Crippen molar-refractivity contribution in [2.45, 2.75) is 25.3 Å². The highest BCUT2D eigenvalue weighted by molar-refractivity contribution is 5.76. The molecule has 0 rings (SSSR count). The third-order valence-corrected chi connectivity index (χ3v) is 2.52. The summed E-state index contributed by atoms with van der Waals surface area (Å²) in [5.74, 6) is -0.0282. The predicted molar refractivity (Wildman–Crippen MR) is 72.0 cm³/mol. The molecule has 0 aliphatic rings. The largest absolute Gasteiger partial charge is 0.385 e. The van der Waals surface area contributed by atoms with Gasteiger partial charge in [0.15, 0.2) is 0 Å². The van der Waals surface area contributed by atoms with E-state index in [2.05, 4.69) is 16.0 Å². The number of nitrogens with one attached hydrogen (secondary N) is 3. The monoisotopic (exact) mass is 275 g/mol. The SMILES string of the molecule is CNC(=O)CCCNC(=O)N[C@@H](CCOC)COC. The Hall–Kier alpha value is -1.34. The van der Waals surface area contributed by atoms with E-state index in [0.29, 0.717) is 39.0 Å². The Morgan fingerprint density at radius 1 is 1.21 bits per heavy atom. The quantitative estimate of drug-likeness (QED) is 0.484. The van der Waals surface area contributed by atoms with Crippen molar-refractivity contribution < 1.29 is 19.1 Å². The van der Waals surface area contributed by atoms with Crippen LogP contribution in [0.4, 0.5) is 4.79 Å². The molecule has 0 aromatic heterocycles. The van der Waals surface area contributed by atoms with Crippen LogP contribution in [0.15, 0.2) is 0 Å². The summed E-state index contributed by atoms with van der Waals surface area (Å²) in [5.41, 5.74) is 0. The van der Waals surface area contributed by atoms with E-state index >= 15 is 0 Å². The van der Waals surface area contributed by atoms with Crippen molar-refractivity contribution in [2.24, 2.45) is 0 Å². The van der Waals surface area contributed by atoms with Gasteiger partial charge in [0.2, 0.25) is 5.91 Å². The van der Waals surface area contributed by atoms with Crippen LogP contribution < -0.4 is 16.0 Å². The predicted octanol–water partition coefficient (Wildman–Crippen LogP) is -0.137. The van der Waals surface area contributed by atoms with E-state index in [1.807, 2.05) is 0 Å². The third kappa shape index (κ3) is 10.3. The second-order valence-corrected chi connectivity index (χ2v) is 4.11. The molecule has 3 N–H and O–H groups in total. The molecule has 0 saturated heterocycles. The van der Waals surface area contributed by atoms with Crippen LogP contribution in [0.3, 0.4) is 0 Å². The van der Waals surface area contributed by atoms with Gasteiger partial charge in [-0.1, -0.05) is 0 Å². The number of carbonyl (C=O) groups excluding carboxylic acids is 2. The summed E-state index contributed by atoms with van der Waals surface area (Å²) in [5, 5.41) is 8.03. The minimum absolute atomic E-state index is 0.0282. The highest BCUT2D eigenvalue weighted by atomic mass is 16.5. The van der Waals surface area contributed by atoms with Crippen molar-refractivity contribution in [3.05, 3.63) is 0 Å². The van der Waals surface area contributed by atoms with E-state index in [9.17, 15) is 9.59 Å². The molecular weight excluding hydrogens is 250 g/mol. The van der Waals surface area contributed by atoms with Crippen molar-refractivity contribution in [1.29, 1.82) is 0 Å². The Labute approximate surface area is 114 Å². The summed E-state index contributed by atoms with van der Waals surface area (Å²) in [6.45, 7) is 1.46. The average molecular weight is 275 g/mol. The number of amides is 3. The molecule has 112 valence electrons. The number of carbonyl (C=O) groups is 2. The van der Waals surface area contributed by atoms with Gasteiger partial charge in [-0.05, 0) is 12.8 Å². The van der Waals surface area contributed by atoms with Gasteiger partial charge in [0.25, 0.3) is 0 Å². The zero-order valence-corrected chi connectivity index (χ0v) is 12.0. The number of hydrogen-bond acceptors (Lipinski definition) is 4. The maximum Gasteiger partial charge on any atom is 0.315 e. The molecule has 0 fully saturated rings. The summed E-state index contributed by atoms with van der Waals surface area (Å²) in [4.78, 5) is 22.6. The van der Waals surface area contributed by atoms with Crippen molar-refractivity contribution in [3.63, 3.8) is 0 Å². The summed E-state index contributed by atoms with van der Waals surface area (Å²) in [7, 11) is 4.79. The van der Waals surface area contributed by atoms with Gasteiger partial charge in [0.1, 0.15) is 0 Å². The van der Waals surface area contributed by atoms with Gasteiger partial charge in [-0.2, -0.15) is 0 Å². The highest BCUT2D eigenvalue weighted by Gasteiger charge is 2.11. The van der Waals surface area contributed by atoms with Crippen LogP contribution in [0.5, 0.6) is 0 Å². The van der Waals surface area contributed by atoms with Crippen LogP contribution in [0.25, 0.3) is 0 Å². The minimum atomic E-state index is -0.255. The van der Waals surface area contributed by atoms with Crippen molar-refractivity contribution >= 4 is 11.9 Å². The minimum Gasteiger partial charge on any atom is -0.385 e. The number of urea groups is 1. The zero-order chi connectivity index (χ0) is 14.5. The number of ether oxygens (including phenoxy) is 2. The molecule has 0 saturated carbocycles. The molecule has 0 aliphatic carbocycles. The van der Waals surface area contributed by atoms with Gasteiger partial charge >= 0.3 is 6.03 Å². The van der Waals surface area contributed by atoms with E-state index in [1.165, 1.54) is 0 Å². The van der Waals surface area contributed by atoms with Gasteiger partial charge in [-0.15, -0.1) is 0 Å². The number of methoxy groups -OCH3 is 2. The molecular formula is C12H25N3O4. The molecule has 0 aliphatic heterocycles. The summed E-state index contributed by atoms with van der Waals surface area (Å²) in [6.07, 6.45) is 1.71. The van der Waals surface area contributed by atoms with Crippen molar-refractivity contribution in [2.75, 3.05) is 41.0 Å². The Balaban J connectivity index is 3.76. The second kappa shape index (κ2) is 11.7. The van der Waals surface area contributed by atoms with Crippen LogP contribution >= 0.6 is 0 Å². The van der Waals surface area contributed by atoms with Crippen LogP contribution in [-0.2, 0) is 14.3 Å². The lowest BCUT2D eigenvalue weighted by molar-refractivity contribution is -0.120. The lowest BCUT2D eigenvalue weighted by atomic mass is 10.2. The number of rotatable bonds is 10. The smallest absolute Gasteiger partial charge is 0.315 e. The molecule has 0 bridgehead atoms. The highest BCUT2D eigenvalue weighted by Crippen LogP contribution is 1.94. The average Bonchev–Trinajstić information content (AvgIpc) is 2.40. The Morgan fingerprint density at radius 3 is 2.53 bits per heavy atom. The van der Waals surface area contributed by atoms with Crippen LogP contribution in [0.1, 0.15) is 19.3 Å². The first-order valence-corrected chi connectivity index (χ1v) is 6.36. The molecule has 19 heavy (non-hydrogen) atoms. The summed E-state index contributed by atoms with van der Waals surface area (Å²) >= 11 is 0. The van der Waals surface area contributed by atoms with Gasteiger partial charge in [0.05, 0.1) is 12.6 Å². The summed E-state index contributed by atoms with van der Waals surface area (Å²) < 4.78 is 9.99. The fourth-order valence-electron chi connectivity index (χ4n) is 1.47. The van der Waals surface area contributed by atoms with E-state index in [-0.39, 0.29) is 18.0 Å². The van der Waals surface area contributed by atoms with E-state index in [0.717, 1.165) is 0 Å². The molecule has 3 amide bonds. The lowest BCUT2D eigenvalue weighted by Gasteiger charge is -2.17. The molecule has 0 aromatic carbocycles. The Kier molecular flexibility index (Phi) is 10.9. The lowest BCUT2D eigenvalue weighted by Crippen LogP contribution is -2.45. The molecule has 0 unspecified atom stereocenters. The van der Waals surface area contributed by atoms with E-state index in [4.69, 9.17) is 9.47 Å². The maximum atomic E-state index is 11.6. The van der Waals surface area contributed by atoms with Crippen LogP contribution in [0, 0.1) is 0 Å². The summed E-state index contributed by atoms with van der Waals surface area (Å²) in [6, 6.07) is -0.334. The van der Waals surface area contributed by atoms with Gasteiger partial charge < -0.3 is 25.4 Å². The Bertz CT molecular complexity index is 261. The van der Waals surface area contributed by atoms with Gasteiger partial charge in [-0.3, -0.25) is 4.79 Å². The van der Waals surface area contributed by atoms with Gasteiger partial charge in [0, 0.05) is 40.8 Å². The molecule has 0 radical (unpaired) electrons. The van der Waals surface area contributed by atoms with Crippen LogP contribution in [0.2, 0.25) is 0 Å². The standard InChI is InChI=1S/C12H25N3O4/c1-13-11(16)5-4-7-14-12(17)15-10(9-19-3)6-8-18-2/h10H,4-9H2,1-3H3,(H,13,16)(H2,14,15,17)/t10-/m0/s1. The zero-order valence-electron chi connectivity index (χ0n) is 12.0. The molecule has 0 aromatic rings. The Morgan fingerprint density at radius 2 is 1.95 bits per heavy atom. The van der Waals surface area contributed by atoms with Gasteiger partial charge in [-0.25, -0.2) is 4.79 Å². The molecule has 0 heterocycles. The first kappa shape index (κ1) is 17.7. The number of hydrogen-bond donors (Lipinski definition) is 3. The first-order chi connectivity index (χ1) is 9.13. The topological polar surface area (TPSA) is 88.7 Å². The molecule has 7 nitrogen and oxygen atoms in total. The third-order valence-electron chi connectivity index (χ3n) is 2.52. The first-order valence-electron chi connectivity index (χ1n) is 6.36. The fourth-order valence-corrected chi connectivity index (χ4v) is 1.47. The van der Waals surface area contributed by atoms with Crippen molar-refractivity contribution in [1.82, 2.24) is 16.0 Å². The van der Waals surface area contributed by atoms with Crippen molar-refractivity contribution in [3.8, 4) is 0 Å². The molecule has 1 atom stereocenters. The van der Waals surface area contributed by atoms with E-state index < -0.39 is 0 Å². The second-order valence-electron chi connectivity index (χ2n) is 4.11. The fraction of sp³-hybridized carbons (Fsp3) is 0.833. The molecule has 7 heteroatoms. The maximum absolute atomic E-state index is 11.6. The van der Waals surface area contributed by atoms with Crippen LogP contribution in [-0.4, -0.2) is 59.0 Å². The normalized spacial score (nSPS) is 11.7.